The van der Waals surface area contributed by atoms with Crippen LogP contribution in [-0.2, 0) is 10.0 Å². The van der Waals surface area contributed by atoms with Crippen LogP contribution in [0.25, 0.3) is 0 Å². The van der Waals surface area contributed by atoms with Crippen LogP contribution in [-0.4, -0.2) is 38.4 Å². The fraction of sp³-hybridized carbons (Fsp3) is 0.409. The molecule has 0 spiro atoms. The summed E-state index contributed by atoms with van der Waals surface area (Å²) in [6.45, 7) is 6.06. The molecule has 2 atom stereocenters. The molecule has 1 fully saturated rings. The fourth-order valence-corrected chi connectivity index (χ4v) is 5.05. The van der Waals surface area contributed by atoms with Crippen molar-refractivity contribution in [3.63, 3.8) is 0 Å². The Kier molecular flexibility index (Phi) is 5.79. The lowest BCUT2D eigenvalue weighted by molar-refractivity contribution is 0.0510. The van der Waals surface area contributed by atoms with Gasteiger partial charge in [0.05, 0.1) is 10.6 Å². The molecule has 6 heteroatoms. The maximum atomic E-state index is 13.1. The van der Waals surface area contributed by atoms with E-state index in [9.17, 15) is 13.2 Å². The topological polar surface area (TPSA) is 57.7 Å². The number of likely N-dealkylation sites (tertiary alicyclic amines) is 1. The zero-order valence-corrected chi connectivity index (χ0v) is 17.7. The van der Waals surface area contributed by atoms with Gasteiger partial charge in [-0.05, 0) is 70.4 Å². The number of hydrogen-bond donors (Lipinski definition) is 0. The second-order valence-corrected chi connectivity index (χ2v) is 9.65. The van der Waals surface area contributed by atoms with Gasteiger partial charge in [-0.15, -0.1) is 0 Å². The standard InChI is InChI=1S/C22H28N2O3S/c1-16-11-13-20(14-12-16)23(4)28(26,27)21-10-6-9-19(15-21)22(25)24-17(2)7-5-8-18(24)3/h6,9-15,17-18H,5,7-8H2,1-4H3. The Morgan fingerprint density at radius 3 is 2.25 bits per heavy atom. The molecule has 1 aliphatic rings. The number of sulfonamides is 1. The maximum absolute atomic E-state index is 13.1. The molecule has 0 saturated carbocycles. The molecule has 0 N–H and O–H groups in total. The van der Waals surface area contributed by atoms with Crippen molar-refractivity contribution in [1.82, 2.24) is 4.90 Å². The predicted molar refractivity (Wildman–Crippen MR) is 112 cm³/mol. The molecule has 3 rings (SSSR count). The van der Waals surface area contributed by atoms with Crippen molar-refractivity contribution in [2.45, 2.75) is 57.0 Å². The van der Waals surface area contributed by atoms with E-state index in [0.717, 1.165) is 24.8 Å². The lowest BCUT2D eigenvalue weighted by Crippen LogP contribution is -2.47. The van der Waals surface area contributed by atoms with Crippen LogP contribution in [0, 0.1) is 6.92 Å². The van der Waals surface area contributed by atoms with E-state index in [1.54, 1.807) is 30.3 Å². The first kappa shape index (κ1) is 20.4. The predicted octanol–water partition coefficient (Wildman–Crippen LogP) is 4.22. The second-order valence-electron chi connectivity index (χ2n) is 7.68. The van der Waals surface area contributed by atoms with Gasteiger partial charge >= 0.3 is 0 Å². The van der Waals surface area contributed by atoms with Crippen molar-refractivity contribution < 1.29 is 13.2 Å². The molecule has 5 nitrogen and oxygen atoms in total. The Morgan fingerprint density at radius 2 is 1.64 bits per heavy atom. The summed E-state index contributed by atoms with van der Waals surface area (Å²) in [6.07, 6.45) is 3.07. The van der Waals surface area contributed by atoms with Gasteiger partial charge in [-0.25, -0.2) is 8.42 Å². The van der Waals surface area contributed by atoms with Gasteiger partial charge in [-0.2, -0.15) is 0 Å². The number of amides is 1. The SMILES string of the molecule is Cc1ccc(N(C)S(=O)(=O)c2cccc(C(=O)N3C(C)CCCC3C)c2)cc1. The monoisotopic (exact) mass is 400 g/mol. The normalized spacial score (nSPS) is 20.1. The quantitative estimate of drug-likeness (QED) is 0.772. The van der Waals surface area contributed by atoms with Crippen LogP contribution in [0.15, 0.2) is 53.4 Å². The van der Waals surface area contributed by atoms with Crippen LogP contribution in [0.5, 0.6) is 0 Å². The van der Waals surface area contributed by atoms with Gasteiger partial charge < -0.3 is 4.90 Å². The van der Waals surface area contributed by atoms with E-state index < -0.39 is 10.0 Å². The smallest absolute Gasteiger partial charge is 0.264 e. The minimum atomic E-state index is -3.76. The van der Waals surface area contributed by atoms with Crippen molar-refractivity contribution in [3.05, 3.63) is 59.7 Å². The minimum absolute atomic E-state index is 0.102. The van der Waals surface area contributed by atoms with Crippen molar-refractivity contribution in [1.29, 1.82) is 0 Å². The fourth-order valence-electron chi connectivity index (χ4n) is 3.81. The summed E-state index contributed by atoms with van der Waals surface area (Å²) in [5.74, 6) is -0.102. The van der Waals surface area contributed by atoms with Crippen molar-refractivity contribution in [3.8, 4) is 0 Å². The Morgan fingerprint density at radius 1 is 1.04 bits per heavy atom. The number of rotatable bonds is 4. The molecule has 0 radical (unpaired) electrons. The van der Waals surface area contributed by atoms with Gasteiger partial charge in [0.25, 0.3) is 15.9 Å². The van der Waals surface area contributed by atoms with Crippen molar-refractivity contribution >= 4 is 21.6 Å². The van der Waals surface area contributed by atoms with E-state index >= 15 is 0 Å². The first-order valence-corrected chi connectivity index (χ1v) is 11.1. The Balaban J connectivity index is 1.91. The molecule has 28 heavy (non-hydrogen) atoms. The summed E-state index contributed by atoms with van der Waals surface area (Å²) < 4.78 is 27.4. The highest BCUT2D eigenvalue weighted by molar-refractivity contribution is 7.92. The van der Waals surface area contributed by atoms with Crippen LogP contribution in [0.4, 0.5) is 5.69 Å². The number of carbonyl (C=O) groups is 1. The number of nitrogens with zero attached hydrogens (tertiary/aromatic N) is 2. The second kappa shape index (κ2) is 7.95. The number of carbonyl (C=O) groups excluding carboxylic acids is 1. The van der Waals surface area contributed by atoms with Crippen LogP contribution >= 0.6 is 0 Å². The molecule has 1 amide bonds. The molecule has 2 aromatic rings. The Hall–Kier alpha value is -2.34. The first-order valence-electron chi connectivity index (χ1n) is 9.70. The number of aryl methyl sites for hydroxylation is 1. The van der Waals surface area contributed by atoms with E-state index in [0.29, 0.717) is 11.3 Å². The van der Waals surface area contributed by atoms with Crippen LogP contribution < -0.4 is 4.31 Å². The Labute approximate surface area is 168 Å². The van der Waals surface area contributed by atoms with E-state index in [1.807, 2.05) is 24.0 Å². The van der Waals surface area contributed by atoms with Crippen LogP contribution in [0.2, 0.25) is 0 Å². The van der Waals surface area contributed by atoms with E-state index in [-0.39, 0.29) is 22.9 Å². The zero-order valence-electron chi connectivity index (χ0n) is 16.9. The van der Waals surface area contributed by atoms with Gasteiger partial charge in [-0.1, -0.05) is 23.8 Å². The number of piperidine rings is 1. The maximum Gasteiger partial charge on any atom is 0.264 e. The molecule has 1 saturated heterocycles. The molecule has 1 heterocycles. The largest absolute Gasteiger partial charge is 0.333 e. The summed E-state index contributed by atoms with van der Waals surface area (Å²) >= 11 is 0. The first-order chi connectivity index (χ1) is 13.2. The third-order valence-electron chi connectivity index (χ3n) is 5.57. The summed E-state index contributed by atoms with van der Waals surface area (Å²) in [5, 5.41) is 0. The number of benzene rings is 2. The van der Waals surface area contributed by atoms with Gasteiger partial charge in [0.2, 0.25) is 0 Å². The third-order valence-corrected chi connectivity index (χ3v) is 7.35. The summed E-state index contributed by atoms with van der Waals surface area (Å²) in [6, 6.07) is 14.0. The highest BCUT2D eigenvalue weighted by Crippen LogP contribution is 2.27. The lowest BCUT2D eigenvalue weighted by Gasteiger charge is -2.39. The van der Waals surface area contributed by atoms with E-state index in [4.69, 9.17) is 0 Å². The van der Waals surface area contributed by atoms with Gasteiger partial charge in [-0.3, -0.25) is 9.10 Å². The van der Waals surface area contributed by atoms with Crippen molar-refractivity contribution in [2.75, 3.05) is 11.4 Å². The molecule has 150 valence electrons. The Bertz CT molecular complexity index is 944. The molecular formula is C22H28N2O3S. The third kappa shape index (κ3) is 3.92. The van der Waals surface area contributed by atoms with E-state index in [2.05, 4.69) is 13.8 Å². The average molecular weight is 401 g/mol. The van der Waals surface area contributed by atoms with Gasteiger partial charge in [0.1, 0.15) is 0 Å². The molecule has 1 aliphatic heterocycles. The molecule has 2 aromatic carbocycles. The molecule has 0 aliphatic carbocycles. The zero-order chi connectivity index (χ0) is 20.5. The van der Waals surface area contributed by atoms with E-state index in [1.165, 1.54) is 17.4 Å². The lowest BCUT2D eigenvalue weighted by atomic mass is 9.96. The van der Waals surface area contributed by atoms with Crippen LogP contribution in [0.1, 0.15) is 49.0 Å². The molecule has 2 unspecified atom stereocenters. The average Bonchev–Trinajstić information content (AvgIpc) is 2.68. The molecule has 0 aromatic heterocycles. The molecule has 0 bridgehead atoms. The summed E-state index contributed by atoms with van der Waals surface area (Å²) in [4.78, 5) is 15.1. The van der Waals surface area contributed by atoms with Crippen LogP contribution in [0.3, 0.4) is 0 Å². The highest BCUT2D eigenvalue weighted by Gasteiger charge is 2.30. The molecular weight excluding hydrogens is 372 g/mol. The number of hydrogen-bond acceptors (Lipinski definition) is 3. The minimum Gasteiger partial charge on any atom is -0.333 e. The number of anilines is 1. The van der Waals surface area contributed by atoms with Gasteiger partial charge in [0, 0.05) is 24.7 Å². The summed E-state index contributed by atoms with van der Waals surface area (Å²) in [5.41, 5.74) is 2.06. The van der Waals surface area contributed by atoms with Crippen molar-refractivity contribution in [2.24, 2.45) is 0 Å². The summed E-state index contributed by atoms with van der Waals surface area (Å²) in [7, 11) is -2.23. The highest BCUT2D eigenvalue weighted by atomic mass is 32.2. The van der Waals surface area contributed by atoms with Gasteiger partial charge in [0.15, 0.2) is 0 Å².